The molecule has 0 rings (SSSR count). The Labute approximate surface area is 181 Å². The third-order valence-electron chi connectivity index (χ3n) is 5.75. The van der Waals surface area contributed by atoms with Crippen molar-refractivity contribution in [1.29, 1.82) is 0 Å². The molecule has 0 N–H and O–H groups in total. The molecule has 0 amide bonds. The van der Waals surface area contributed by atoms with Crippen molar-refractivity contribution in [2.24, 2.45) is 0 Å². The van der Waals surface area contributed by atoms with Crippen LogP contribution >= 0.6 is 7.82 Å². The fraction of sp³-hybridized carbons (Fsp3) is 1.00. The van der Waals surface area contributed by atoms with Gasteiger partial charge in [-0.15, -0.1) is 0 Å². The van der Waals surface area contributed by atoms with E-state index in [4.69, 9.17) is 0 Å². The SMILES string of the molecule is CCCCCCCCCCCCCCCCCCCCCCCCOP(=O)([O-])[O-]. The van der Waals surface area contributed by atoms with E-state index in [1.165, 1.54) is 122 Å². The fourth-order valence-corrected chi connectivity index (χ4v) is 4.24. The molecule has 0 unspecified atom stereocenters. The third-order valence-corrected chi connectivity index (χ3v) is 6.25. The number of unbranched alkanes of at least 4 members (excludes halogenated alkanes) is 21. The van der Waals surface area contributed by atoms with Crippen LogP contribution in [0.1, 0.15) is 148 Å². The number of phosphoric acid groups is 1. The summed E-state index contributed by atoms with van der Waals surface area (Å²) >= 11 is 0. The number of rotatable bonds is 24. The first-order valence-corrected chi connectivity index (χ1v) is 14.2. The van der Waals surface area contributed by atoms with E-state index in [2.05, 4.69) is 11.4 Å². The van der Waals surface area contributed by atoms with Gasteiger partial charge in [-0.3, -0.25) is 0 Å². The molecule has 0 atom stereocenters. The first-order chi connectivity index (χ1) is 14.1. The lowest BCUT2D eigenvalue weighted by Crippen LogP contribution is -2.16. The van der Waals surface area contributed by atoms with Gasteiger partial charge < -0.3 is 18.9 Å². The van der Waals surface area contributed by atoms with Crippen LogP contribution in [0, 0.1) is 0 Å². The van der Waals surface area contributed by atoms with Crippen molar-refractivity contribution >= 4 is 7.82 Å². The van der Waals surface area contributed by atoms with Gasteiger partial charge in [0.15, 0.2) is 0 Å². The van der Waals surface area contributed by atoms with E-state index in [0.29, 0.717) is 6.42 Å². The van der Waals surface area contributed by atoms with E-state index in [1.807, 2.05) is 0 Å². The smallest absolute Gasteiger partial charge is 0.0596 e. The Balaban J connectivity index is 3.02. The molecule has 0 saturated heterocycles. The van der Waals surface area contributed by atoms with Gasteiger partial charge in [0.05, 0.1) is 14.4 Å². The van der Waals surface area contributed by atoms with Gasteiger partial charge in [-0.2, -0.15) is 0 Å². The second kappa shape index (κ2) is 22.8. The maximum atomic E-state index is 10.3. The van der Waals surface area contributed by atoms with Crippen LogP contribution in [0.4, 0.5) is 0 Å². The van der Waals surface area contributed by atoms with E-state index >= 15 is 0 Å². The molecule has 0 heterocycles. The summed E-state index contributed by atoms with van der Waals surface area (Å²) in [5, 5.41) is 0. The lowest BCUT2D eigenvalue weighted by molar-refractivity contribution is -0.341. The van der Waals surface area contributed by atoms with Crippen molar-refractivity contribution in [2.75, 3.05) is 6.61 Å². The quantitative estimate of drug-likeness (QED) is 0.117. The summed E-state index contributed by atoms with van der Waals surface area (Å²) in [6.07, 6.45) is 29.1. The monoisotopic (exact) mass is 432 g/mol. The molecule has 0 aliphatic rings. The van der Waals surface area contributed by atoms with Gasteiger partial charge in [0, 0.05) is 0 Å². The summed E-state index contributed by atoms with van der Waals surface area (Å²) in [6.45, 7) is 2.33. The average molecular weight is 433 g/mol. The van der Waals surface area contributed by atoms with Crippen molar-refractivity contribution in [2.45, 2.75) is 148 Å². The Morgan fingerprint density at radius 3 is 0.966 bits per heavy atom. The van der Waals surface area contributed by atoms with E-state index in [9.17, 15) is 14.4 Å². The second-order valence-electron chi connectivity index (χ2n) is 8.71. The van der Waals surface area contributed by atoms with Crippen molar-refractivity contribution in [1.82, 2.24) is 0 Å². The highest BCUT2D eigenvalue weighted by molar-refractivity contribution is 7.43. The Morgan fingerprint density at radius 1 is 0.483 bits per heavy atom. The van der Waals surface area contributed by atoms with Crippen LogP contribution in [0.25, 0.3) is 0 Å². The molecule has 0 spiro atoms. The van der Waals surface area contributed by atoms with E-state index in [-0.39, 0.29) is 6.61 Å². The van der Waals surface area contributed by atoms with Gasteiger partial charge in [0.25, 0.3) is 0 Å². The van der Waals surface area contributed by atoms with Gasteiger partial charge in [-0.05, 0) is 6.42 Å². The zero-order chi connectivity index (χ0) is 21.5. The molecule has 0 aliphatic carbocycles. The summed E-state index contributed by atoms with van der Waals surface area (Å²) in [4.78, 5) is 20.6. The van der Waals surface area contributed by atoms with E-state index < -0.39 is 7.82 Å². The predicted molar refractivity (Wildman–Crippen MR) is 121 cm³/mol. The minimum atomic E-state index is -4.76. The molecule has 0 aromatic carbocycles. The van der Waals surface area contributed by atoms with Crippen molar-refractivity contribution in [3.8, 4) is 0 Å². The van der Waals surface area contributed by atoms with E-state index in [1.54, 1.807) is 0 Å². The Hall–Kier alpha value is 0.110. The van der Waals surface area contributed by atoms with Crippen molar-refractivity contribution in [3.05, 3.63) is 0 Å². The summed E-state index contributed by atoms with van der Waals surface area (Å²) < 4.78 is 14.5. The molecule has 4 nitrogen and oxygen atoms in total. The molecule has 176 valence electrons. The molecule has 0 aromatic rings. The molecule has 0 radical (unpaired) electrons. The summed E-state index contributed by atoms with van der Waals surface area (Å²) in [5.74, 6) is 0. The van der Waals surface area contributed by atoms with Crippen LogP contribution in [0.15, 0.2) is 0 Å². The third kappa shape index (κ3) is 28.1. The molecule has 29 heavy (non-hydrogen) atoms. The number of phosphoric ester groups is 1. The average Bonchev–Trinajstić information content (AvgIpc) is 2.67. The highest BCUT2D eigenvalue weighted by atomic mass is 31.2. The van der Waals surface area contributed by atoms with Crippen LogP contribution in [0.5, 0.6) is 0 Å². The Bertz CT molecular complexity index is 357. The van der Waals surface area contributed by atoms with Gasteiger partial charge in [0.2, 0.25) is 0 Å². The lowest BCUT2D eigenvalue weighted by Gasteiger charge is -2.28. The fourth-order valence-electron chi connectivity index (χ4n) is 3.89. The normalized spacial score (nSPS) is 12.0. The van der Waals surface area contributed by atoms with E-state index in [0.717, 1.165) is 12.8 Å². The van der Waals surface area contributed by atoms with Gasteiger partial charge in [-0.25, -0.2) is 0 Å². The van der Waals surface area contributed by atoms with Crippen LogP contribution in [-0.2, 0) is 9.09 Å². The van der Waals surface area contributed by atoms with Crippen LogP contribution in [0.3, 0.4) is 0 Å². The Morgan fingerprint density at radius 2 is 0.724 bits per heavy atom. The molecular weight excluding hydrogens is 383 g/mol. The molecule has 0 fully saturated rings. The van der Waals surface area contributed by atoms with Gasteiger partial charge >= 0.3 is 0 Å². The summed E-state index contributed by atoms with van der Waals surface area (Å²) in [5.41, 5.74) is 0. The predicted octanol–water partition coefficient (Wildman–Crippen LogP) is 7.43. The van der Waals surface area contributed by atoms with Crippen LogP contribution in [0.2, 0.25) is 0 Å². The molecule has 5 heteroatoms. The first kappa shape index (κ1) is 29.1. The lowest BCUT2D eigenvalue weighted by atomic mass is 10.0. The number of hydrogen-bond acceptors (Lipinski definition) is 4. The molecule has 0 aromatic heterocycles. The molecule has 0 aliphatic heterocycles. The highest BCUT2D eigenvalue weighted by Gasteiger charge is 1.96. The van der Waals surface area contributed by atoms with Crippen LogP contribution in [-0.4, -0.2) is 6.61 Å². The first-order valence-electron chi connectivity index (χ1n) is 12.7. The van der Waals surface area contributed by atoms with Crippen molar-refractivity contribution < 1.29 is 18.9 Å². The topological polar surface area (TPSA) is 72.4 Å². The standard InChI is InChI=1S/C24H51O4P/c1-2-3-4-5-6-7-8-9-10-11-12-13-14-15-16-17-18-19-20-21-22-23-24-28-29(25,26)27/h2-24H2,1H3,(H2,25,26,27)/p-2. The zero-order valence-corrected chi connectivity index (χ0v) is 20.2. The van der Waals surface area contributed by atoms with Gasteiger partial charge in [-0.1, -0.05) is 142 Å². The maximum absolute atomic E-state index is 10.3. The minimum Gasteiger partial charge on any atom is -0.790 e. The highest BCUT2D eigenvalue weighted by Crippen LogP contribution is 2.24. The molecular formula is C24H49O4P-2. The zero-order valence-electron chi connectivity index (χ0n) is 19.3. The summed E-state index contributed by atoms with van der Waals surface area (Å²) in [6, 6.07) is 0. The minimum absolute atomic E-state index is 0.0450. The summed E-state index contributed by atoms with van der Waals surface area (Å²) in [7, 11) is -4.76. The maximum Gasteiger partial charge on any atom is 0.0596 e. The number of hydrogen-bond donors (Lipinski definition) is 0. The molecule has 0 saturated carbocycles. The molecule has 0 bridgehead atoms. The van der Waals surface area contributed by atoms with Crippen LogP contribution < -0.4 is 9.79 Å². The Kier molecular flexibility index (Phi) is 22.9. The van der Waals surface area contributed by atoms with Gasteiger partial charge in [0.1, 0.15) is 0 Å². The largest absolute Gasteiger partial charge is 0.790 e. The second-order valence-corrected chi connectivity index (χ2v) is 9.86. The van der Waals surface area contributed by atoms with Crippen molar-refractivity contribution in [3.63, 3.8) is 0 Å².